The summed E-state index contributed by atoms with van der Waals surface area (Å²) in [6.07, 6.45) is 3.37. The number of nitrogens with one attached hydrogen (secondary N) is 3. The molecule has 3 aromatic carbocycles. The molecule has 0 aliphatic rings. The Labute approximate surface area is 290 Å². The number of primary sulfonamides is 1. The van der Waals surface area contributed by atoms with Crippen LogP contribution in [0.5, 0.6) is 0 Å². The minimum Gasteiger partial charge on any atom is -0.364 e. The van der Waals surface area contributed by atoms with Crippen LogP contribution in [0, 0.1) is 13.8 Å². The van der Waals surface area contributed by atoms with Gasteiger partial charge in [0, 0.05) is 26.2 Å². The summed E-state index contributed by atoms with van der Waals surface area (Å²) >= 11 is 6.31. The summed E-state index contributed by atoms with van der Waals surface area (Å²) in [6, 6.07) is 14.7. The number of primary amides is 1. The second-order valence-electron chi connectivity index (χ2n) is 10.6. The number of aromatic amines is 2. The van der Waals surface area contributed by atoms with Crippen molar-refractivity contribution < 1.29 is 18.0 Å². The Balaban J connectivity index is 0.000000182. The predicted molar refractivity (Wildman–Crippen MR) is 191 cm³/mol. The van der Waals surface area contributed by atoms with Crippen LogP contribution in [0.4, 0.5) is 5.69 Å². The van der Waals surface area contributed by atoms with Crippen molar-refractivity contribution in [3.05, 3.63) is 97.7 Å². The number of H-pyrrole nitrogens is 2. The van der Waals surface area contributed by atoms with Gasteiger partial charge in [0.15, 0.2) is 0 Å². The second kappa shape index (κ2) is 13.4. The molecule has 244 valence electrons. The van der Waals surface area contributed by atoms with Gasteiger partial charge in [-0.05, 0) is 54.8 Å². The van der Waals surface area contributed by atoms with Gasteiger partial charge >= 0.3 is 0 Å². The van der Waals surface area contributed by atoms with Gasteiger partial charge in [-0.15, -0.1) is 22.7 Å². The molecule has 0 aliphatic heterocycles. The van der Waals surface area contributed by atoms with Gasteiger partial charge in [0.1, 0.15) is 11.4 Å². The van der Waals surface area contributed by atoms with E-state index in [4.69, 9.17) is 10.9 Å². The highest BCUT2D eigenvalue weighted by Gasteiger charge is 2.19. The number of anilines is 1. The van der Waals surface area contributed by atoms with Crippen molar-refractivity contribution in [1.29, 1.82) is 0 Å². The fourth-order valence-corrected chi connectivity index (χ4v) is 7.68. The van der Waals surface area contributed by atoms with Crippen molar-refractivity contribution in [3.8, 4) is 21.6 Å². The number of aromatic nitrogens is 6. The van der Waals surface area contributed by atoms with Gasteiger partial charge in [-0.25, -0.2) is 23.5 Å². The van der Waals surface area contributed by atoms with E-state index in [2.05, 4.69) is 51.6 Å². The molecule has 0 bridgehead atoms. The Morgan fingerprint density at radius 3 is 2.35 bits per heavy atom. The highest BCUT2D eigenvalue weighted by molar-refractivity contribution is 9.10. The zero-order valence-electron chi connectivity index (χ0n) is 25.2. The third-order valence-electron chi connectivity index (χ3n) is 7.02. The third-order valence-corrected chi connectivity index (χ3v) is 9.99. The van der Waals surface area contributed by atoms with Gasteiger partial charge in [0.05, 0.1) is 49.8 Å². The van der Waals surface area contributed by atoms with Gasteiger partial charge in [0.2, 0.25) is 10.0 Å². The van der Waals surface area contributed by atoms with Crippen LogP contribution in [-0.4, -0.2) is 50.6 Å². The molecule has 0 saturated heterocycles. The van der Waals surface area contributed by atoms with Gasteiger partial charge in [-0.3, -0.25) is 19.8 Å². The Bertz CT molecular complexity index is 2450. The Morgan fingerprint density at radius 1 is 0.938 bits per heavy atom. The summed E-state index contributed by atoms with van der Waals surface area (Å²) in [4.78, 5) is 33.3. The second-order valence-corrected chi connectivity index (χ2v) is 15.4. The maximum absolute atomic E-state index is 12.6. The van der Waals surface area contributed by atoms with Crippen LogP contribution in [0.15, 0.2) is 70.8 Å². The number of amides is 2. The topological polar surface area (TPSA) is 215 Å². The first kappa shape index (κ1) is 33.1. The SMILES string of the molecule is Cc1nc(C(=O)Nc2cc(-c3cccc(CS(N)(=O)=O)c3)cc3[nH]ncc23)cs1.Cc1nc(C(N)=O)c(-c2cc(Br)cc3[nH]ncc23)s1. The molecule has 4 heterocycles. The summed E-state index contributed by atoms with van der Waals surface area (Å²) in [5, 5.41) is 27.0. The lowest BCUT2D eigenvalue weighted by Crippen LogP contribution is -2.14. The van der Waals surface area contributed by atoms with E-state index in [-0.39, 0.29) is 11.7 Å². The fourth-order valence-electron chi connectivity index (χ4n) is 5.03. The molecule has 4 aromatic heterocycles. The molecule has 17 heteroatoms. The highest BCUT2D eigenvalue weighted by atomic mass is 79.9. The quantitative estimate of drug-likeness (QED) is 0.132. The van der Waals surface area contributed by atoms with E-state index < -0.39 is 15.9 Å². The zero-order valence-corrected chi connectivity index (χ0v) is 29.3. The number of fused-ring (bicyclic) bond motifs is 2. The van der Waals surface area contributed by atoms with Crippen molar-refractivity contribution in [2.75, 3.05) is 5.32 Å². The molecule has 7 rings (SSSR count). The molecule has 0 saturated carbocycles. The van der Waals surface area contributed by atoms with E-state index in [9.17, 15) is 18.0 Å². The molecule has 0 unspecified atom stereocenters. The summed E-state index contributed by atoms with van der Waals surface area (Å²) in [6.45, 7) is 3.69. The van der Waals surface area contributed by atoms with Crippen molar-refractivity contribution in [2.24, 2.45) is 10.9 Å². The number of benzene rings is 3. The minimum absolute atomic E-state index is 0.250. The van der Waals surface area contributed by atoms with Crippen LogP contribution >= 0.6 is 38.6 Å². The summed E-state index contributed by atoms with van der Waals surface area (Å²) in [7, 11) is -3.63. The number of rotatable bonds is 7. The average Bonchev–Trinajstić information content (AvgIpc) is 3.83. The van der Waals surface area contributed by atoms with Crippen molar-refractivity contribution in [1.82, 2.24) is 30.4 Å². The van der Waals surface area contributed by atoms with Crippen LogP contribution in [0.1, 0.15) is 36.6 Å². The zero-order chi connectivity index (χ0) is 34.2. The maximum Gasteiger partial charge on any atom is 0.275 e. The number of nitrogens with two attached hydrogens (primary N) is 2. The number of sulfonamides is 1. The van der Waals surface area contributed by atoms with E-state index in [0.29, 0.717) is 22.6 Å². The number of hydrogen-bond donors (Lipinski definition) is 5. The van der Waals surface area contributed by atoms with Crippen molar-refractivity contribution in [2.45, 2.75) is 19.6 Å². The molecule has 0 spiro atoms. The molecule has 0 fully saturated rings. The highest BCUT2D eigenvalue weighted by Crippen LogP contribution is 2.37. The first-order chi connectivity index (χ1) is 22.8. The molecule has 13 nitrogen and oxygen atoms in total. The summed E-state index contributed by atoms with van der Waals surface area (Å²) in [5.74, 6) is -1.08. The first-order valence-corrected chi connectivity index (χ1v) is 18.3. The molecular weight excluding hydrogens is 739 g/mol. The molecule has 7 N–H and O–H groups in total. The lowest BCUT2D eigenvalue weighted by Gasteiger charge is -2.10. The number of carbonyl (C=O) groups excluding carboxylic acids is 2. The molecule has 0 radical (unpaired) electrons. The molecule has 0 aliphatic carbocycles. The molecular formula is C31H26BrN9O4S3. The number of thiazole rings is 2. The lowest BCUT2D eigenvalue weighted by atomic mass is 10.0. The minimum atomic E-state index is -3.63. The molecule has 48 heavy (non-hydrogen) atoms. The van der Waals surface area contributed by atoms with E-state index in [1.165, 1.54) is 22.7 Å². The number of nitrogens with zero attached hydrogens (tertiary/aromatic N) is 4. The Hall–Kier alpha value is -4.81. The monoisotopic (exact) mass is 763 g/mol. The Kier molecular flexibility index (Phi) is 9.22. The average molecular weight is 765 g/mol. The molecule has 0 atom stereocenters. The summed E-state index contributed by atoms with van der Waals surface area (Å²) in [5.41, 5.74) is 11.3. The Morgan fingerprint density at radius 2 is 1.67 bits per heavy atom. The molecule has 2 amide bonds. The molecule has 7 aromatic rings. The summed E-state index contributed by atoms with van der Waals surface area (Å²) < 4.78 is 23.7. The van der Waals surface area contributed by atoms with Gasteiger partial charge in [0.25, 0.3) is 11.8 Å². The standard InChI is InChI=1S/C19H17N5O3S2.C12H9BrN4OS/c1-11-22-18(9-28-11)19(25)23-16-6-14(7-17-15(16)8-21-24-17)13-4-2-3-12(5-13)10-29(20,26)27;1-5-16-10(12(14)18)11(19-5)7-2-6(13)3-9-8(7)4-15-17-9/h2-9H,10H2,1H3,(H,21,24)(H,23,25)(H2,20,26,27);2-4H,1H3,(H2,14,18)(H,15,17). The van der Waals surface area contributed by atoms with Crippen LogP contribution in [0.2, 0.25) is 0 Å². The van der Waals surface area contributed by atoms with Crippen LogP contribution in [0.25, 0.3) is 43.4 Å². The maximum atomic E-state index is 12.6. The smallest absolute Gasteiger partial charge is 0.275 e. The van der Waals surface area contributed by atoms with Crippen molar-refractivity contribution in [3.63, 3.8) is 0 Å². The predicted octanol–water partition coefficient (Wildman–Crippen LogP) is 5.89. The third kappa shape index (κ3) is 7.34. The lowest BCUT2D eigenvalue weighted by molar-refractivity contribution is 0.0994. The van der Waals surface area contributed by atoms with E-state index in [0.717, 1.165) is 57.9 Å². The number of aryl methyl sites for hydroxylation is 2. The van der Waals surface area contributed by atoms with Gasteiger partial charge in [-0.1, -0.05) is 40.2 Å². The fraction of sp³-hybridized carbons (Fsp3) is 0.0968. The van der Waals surface area contributed by atoms with E-state index >= 15 is 0 Å². The van der Waals surface area contributed by atoms with Gasteiger partial charge in [-0.2, -0.15) is 10.2 Å². The van der Waals surface area contributed by atoms with Crippen LogP contribution < -0.4 is 16.2 Å². The number of carbonyl (C=O) groups is 2. The normalized spacial score (nSPS) is 11.4. The largest absolute Gasteiger partial charge is 0.364 e. The van der Waals surface area contributed by atoms with E-state index in [1.54, 1.807) is 36.0 Å². The van der Waals surface area contributed by atoms with Gasteiger partial charge < -0.3 is 11.1 Å². The number of hydrogen-bond acceptors (Lipinski definition) is 10. The first-order valence-electron chi connectivity index (χ1n) is 14.1. The van der Waals surface area contributed by atoms with Crippen LogP contribution in [0.3, 0.4) is 0 Å². The van der Waals surface area contributed by atoms with Crippen molar-refractivity contribution >= 4 is 87.9 Å². The van der Waals surface area contributed by atoms with E-state index in [1.807, 2.05) is 44.2 Å². The van der Waals surface area contributed by atoms with Crippen LogP contribution in [-0.2, 0) is 15.8 Å². The number of halogens is 1.